The van der Waals surface area contributed by atoms with Gasteiger partial charge in [0.05, 0.1) is 0 Å². The fourth-order valence-electron chi connectivity index (χ4n) is 1.65. The zero-order chi connectivity index (χ0) is 10.9. The van der Waals surface area contributed by atoms with Gasteiger partial charge in [0.25, 0.3) is 5.79 Å². The zero-order valence-electron chi connectivity index (χ0n) is 8.49. The van der Waals surface area contributed by atoms with Crippen LogP contribution in [0.3, 0.4) is 0 Å². The smallest absolute Gasteiger partial charge is 0.251 e. The molecule has 2 aliphatic rings. The average Bonchev–Trinajstić information content (AvgIpc) is 2.62. The summed E-state index contributed by atoms with van der Waals surface area (Å²) in [5, 5.41) is 0. The number of methoxy groups -OCH3 is 1. The van der Waals surface area contributed by atoms with Crippen molar-refractivity contribution in [2.45, 2.75) is 12.2 Å². The van der Waals surface area contributed by atoms with E-state index in [1.807, 2.05) is 0 Å². The lowest BCUT2D eigenvalue weighted by Crippen LogP contribution is -2.33. The van der Waals surface area contributed by atoms with E-state index < -0.39 is 5.79 Å². The summed E-state index contributed by atoms with van der Waals surface area (Å²) in [6, 6.07) is 0. The molecule has 0 aromatic carbocycles. The molecule has 0 aromatic heterocycles. The molecule has 1 heterocycles. The number of carbonyl (C=O) groups is 1. The second-order valence-corrected chi connectivity index (χ2v) is 3.31. The van der Waals surface area contributed by atoms with E-state index in [-0.39, 0.29) is 12.6 Å². The van der Waals surface area contributed by atoms with Gasteiger partial charge in [-0.15, -0.1) is 6.58 Å². The van der Waals surface area contributed by atoms with Gasteiger partial charge < -0.3 is 14.2 Å². The van der Waals surface area contributed by atoms with E-state index in [0.717, 1.165) is 0 Å². The summed E-state index contributed by atoms with van der Waals surface area (Å²) in [7, 11) is 1.51. The van der Waals surface area contributed by atoms with Crippen molar-refractivity contribution in [2.24, 2.45) is 0 Å². The number of ether oxygens (including phenoxy) is 3. The van der Waals surface area contributed by atoms with Gasteiger partial charge in [-0.2, -0.15) is 0 Å². The van der Waals surface area contributed by atoms with Crippen LogP contribution < -0.4 is 0 Å². The number of carbonyl (C=O) groups excluding carboxylic acids is 1. The number of allylic oxidation sites excluding steroid dienone is 3. The molecule has 1 saturated heterocycles. The lowest BCUT2D eigenvalue weighted by atomic mass is 9.96. The maximum Gasteiger partial charge on any atom is 0.251 e. The lowest BCUT2D eigenvalue weighted by molar-refractivity contribution is -0.141. The summed E-state index contributed by atoms with van der Waals surface area (Å²) in [6.45, 7) is 3.70. The molecule has 0 N–H and O–H groups in total. The molecule has 0 spiro atoms. The molecule has 0 bridgehead atoms. The van der Waals surface area contributed by atoms with E-state index >= 15 is 0 Å². The number of hydrogen-bond donors (Lipinski definition) is 0. The van der Waals surface area contributed by atoms with E-state index in [1.54, 1.807) is 12.2 Å². The average molecular weight is 208 g/mol. The molecule has 0 aromatic rings. The van der Waals surface area contributed by atoms with Gasteiger partial charge in [-0.05, 0) is 12.5 Å². The van der Waals surface area contributed by atoms with Crippen molar-refractivity contribution < 1.29 is 19.0 Å². The molecule has 1 fully saturated rings. The van der Waals surface area contributed by atoms with Crippen molar-refractivity contribution >= 4 is 5.78 Å². The third kappa shape index (κ3) is 1.52. The lowest BCUT2D eigenvalue weighted by Gasteiger charge is -2.25. The van der Waals surface area contributed by atoms with Crippen molar-refractivity contribution in [3.8, 4) is 0 Å². The molecule has 1 aliphatic carbocycles. The first kappa shape index (κ1) is 10.1. The summed E-state index contributed by atoms with van der Waals surface area (Å²) >= 11 is 0. The van der Waals surface area contributed by atoms with Crippen LogP contribution in [-0.4, -0.2) is 25.5 Å². The highest BCUT2D eigenvalue weighted by Gasteiger charge is 2.44. The Morgan fingerprint density at radius 3 is 3.20 bits per heavy atom. The minimum atomic E-state index is -1.01. The van der Waals surface area contributed by atoms with Gasteiger partial charge in [-0.25, -0.2) is 0 Å². The van der Waals surface area contributed by atoms with E-state index in [2.05, 4.69) is 6.58 Å². The Hall–Kier alpha value is -1.39. The first-order valence-electron chi connectivity index (χ1n) is 4.63. The fraction of sp³-hybridized carbons (Fsp3) is 0.364. The zero-order valence-corrected chi connectivity index (χ0v) is 8.49. The third-order valence-corrected chi connectivity index (χ3v) is 2.44. The molecule has 1 unspecified atom stereocenters. The van der Waals surface area contributed by atoms with Gasteiger partial charge in [0.2, 0.25) is 0 Å². The molecular weight excluding hydrogens is 196 g/mol. The highest BCUT2D eigenvalue weighted by Crippen LogP contribution is 2.36. The predicted octanol–water partition coefficient (Wildman–Crippen LogP) is 1.30. The first-order valence-corrected chi connectivity index (χ1v) is 4.63. The van der Waals surface area contributed by atoms with Crippen molar-refractivity contribution in [1.82, 2.24) is 0 Å². The molecule has 1 atom stereocenters. The Morgan fingerprint density at radius 2 is 2.53 bits per heavy atom. The molecule has 0 amide bonds. The minimum absolute atomic E-state index is 0.0805. The fourth-order valence-corrected chi connectivity index (χ4v) is 1.65. The number of fused-ring (bicyclic) bond motifs is 1. The van der Waals surface area contributed by atoms with E-state index in [4.69, 9.17) is 14.2 Å². The summed E-state index contributed by atoms with van der Waals surface area (Å²) in [5.41, 5.74) is 0.612. The van der Waals surface area contributed by atoms with Gasteiger partial charge in [-0.1, -0.05) is 6.08 Å². The van der Waals surface area contributed by atoms with Gasteiger partial charge >= 0.3 is 0 Å². The molecule has 2 rings (SSSR count). The maximum atomic E-state index is 11.6. The van der Waals surface area contributed by atoms with Gasteiger partial charge in [-0.3, -0.25) is 4.79 Å². The highest BCUT2D eigenvalue weighted by molar-refractivity contribution is 6.05. The molecule has 4 nitrogen and oxygen atoms in total. The molecular formula is C11H12O4. The number of rotatable bonds is 3. The Bertz CT molecular complexity index is 367. The number of ketones is 1. The van der Waals surface area contributed by atoms with Crippen LogP contribution in [0.5, 0.6) is 0 Å². The van der Waals surface area contributed by atoms with E-state index in [0.29, 0.717) is 17.8 Å². The van der Waals surface area contributed by atoms with Crippen LogP contribution in [0, 0.1) is 0 Å². The predicted molar refractivity (Wildman–Crippen MR) is 52.8 cm³/mol. The van der Waals surface area contributed by atoms with Gasteiger partial charge in [0, 0.05) is 18.8 Å². The molecule has 4 heteroatoms. The summed E-state index contributed by atoms with van der Waals surface area (Å²) in [5.74, 6) is -0.669. The van der Waals surface area contributed by atoms with Crippen molar-refractivity contribution in [1.29, 1.82) is 0 Å². The van der Waals surface area contributed by atoms with Crippen LogP contribution in [0.4, 0.5) is 0 Å². The van der Waals surface area contributed by atoms with Crippen LogP contribution in [0.2, 0.25) is 0 Å². The standard InChI is InChI=1S/C11H12O4/c1-3-4-8-6-11(13-2)10(5-9(8)12)14-7-15-11/h3,5-6H,1,4,7H2,2H3. The van der Waals surface area contributed by atoms with Gasteiger partial charge in [0.1, 0.15) is 0 Å². The Labute approximate surface area is 87.8 Å². The second-order valence-electron chi connectivity index (χ2n) is 3.31. The van der Waals surface area contributed by atoms with E-state index in [9.17, 15) is 4.79 Å². The number of hydrogen-bond acceptors (Lipinski definition) is 4. The summed E-state index contributed by atoms with van der Waals surface area (Å²) in [6.07, 6.45) is 5.23. The van der Waals surface area contributed by atoms with E-state index in [1.165, 1.54) is 13.2 Å². The normalized spacial score (nSPS) is 29.0. The maximum absolute atomic E-state index is 11.6. The van der Waals surface area contributed by atoms with Crippen molar-refractivity contribution in [3.63, 3.8) is 0 Å². The first-order chi connectivity index (χ1) is 7.22. The minimum Gasteiger partial charge on any atom is -0.465 e. The molecule has 15 heavy (non-hydrogen) atoms. The van der Waals surface area contributed by atoms with Crippen LogP contribution in [-0.2, 0) is 19.0 Å². The Kier molecular flexibility index (Phi) is 2.46. The topological polar surface area (TPSA) is 44.8 Å². The Balaban J connectivity index is 2.38. The highest BCUT2D eigenvalue weighted by atomic mass is 16.8. The Morgan fingerprint density at radius 1 is 1.73 bits per heavy atom. The summed E-state index contributed by atoms with van der Waals surface area (Å²) in [4.78, 5) is 11.6. The second kappa shape index (κ2) is 3.64. The summed E-state index contributed by atoms with van der Waals surface area (Å²) < 4.78 is 15.8. The van der Waals surface area contributed by atoms with Crippen LogP contribution in [0.25, 0.3) is 0 Å². The third-order valence-electron chi connectivity index (χ3n) is 2.44. The van der Waals surface area contributed by atoms with Crippen LogP contribution >= 0.6 is 0 Å². The van der Waals surface area contributed by atoms with Crippen molar-refractivity contribution in [3.05, 3.63) is 36.1 Å². The molecule has 0 saturated carbocycles. The molecule has 0 radical (unpaired) electrons. The SMILES string of the molecule is C=CCC1=CC2(OC)OCOC2=CC1=O. The monoisotopic (exact) mass is 208 g/mol. The largest absolute Gasteiger partial charge is 0.465 e. The van der Waals surface area contributed by atoms with Crippen LogP contribution in [0.15, 0.2) is 36.1 Å². The molecule has 80 valence electrons. The molecule has 1 aliphatic heterocycles. The van der Waals surface area contributed by atoms with Crippen molar-refractivity contribution in [2.75, 3.05) is 13.9 Å². The van der Waals surface area contributed by atoms with Gasteiger partial charge in [0.15, 0.2) is 18.3 Å². The quantitative estimate of drug-likeness (QED) is 0.656. The van der Waals surface area contributed by atoms with Crippen LogP contribution in [0.1, 0.15) is 6.42 Å².